The van der Waals surface area contributed by atoms with E-state index < -0.39 is 0 Å². The summed E-state index contributed by atoms with van der Waals surface area (Å²) in [5.74, 6) is 1.82. The highest BCUT2D eigenvalue weighted by atomic mass is 127. The second kappa shape index (κ2) is 11.4. The Morgan fingerprint density at radius 1 is 1.41 bits per heavy atom. The average Bonchev–Trinajstić information content (AvgIpc) is 2.50. The molecule has 22 heavy (non-hydrogen) atoms. The van der Waals surface area contributed by atoms with Crippen molar-refractivity contribution in [2.45, 2.75) is 26.2 Å². The first-order valence-electron chi connectivity index (χ1n) is 7.40. The number of ether oxygens (including phenoxy) is 1. The molecule has 0 amide bonds. The van der Waals surface area contributed by atoms with Crippen LogP contribution in [0.15, 0.2) is 23.2 Å². The maximum atomic E-state index is 9.92. The van der Waals surface area contributed by atoms with Crippen LogP contribution in [0.2, 0.25) is 0 Å². The summed E-state index contributed by atoms with van der Waals surface area (Å²) in [5.41, 5.74) is 0.898. The minimum absolute atomic E-state index is 0. The first-order chi connectivity index (χ1) is 10.1. The van der Waals surface area contributed by atoms with E-state index in [4.69, 9.17) is 4.74 Å². The highest BCUT2D eigenvalue weighted by molar-refractivity contribution is 14.0. The van der Waals surface area contributed by atoms with Gasteiger partial charge in [-0.2, -0.15) is 0 Å². The Kier molecular flexibility index (Phi) is 10.8. The van der Waals surface area contributed by atoms with Crippen LogP contribution >= 0.6 is 24.0 Å². The summed E-state index contributed by atoms with van der Waals surface area (Å²) in [6.45, 7) is 3.89. The van der Waals surface area contributed by atoms with Gasteiger partial charge in [-0.05, 0) is 24.5 Å². The van der Waals surface area contributed by atoms with Gasteiger partial charge in [0.1, 0.15) is 11.5 Å². The van der Waals surface area contributed by atoms with Crippen LogP contribution in [0.25, 0.3) is 0 Å². The third kappa shape index (κ3) is 6.72. The number of phenolic OH excluding ortho intramolecular Hbond substituents is 1. The molecule has 0 spiro atoms. The molecule has 1 rings (SSSR count). The van der Waals surface area contributed by atoms with Crippen molar-refractivity contribution < 1.29 is 9.84 Å². The van der Waals surface area contributed by atoms with E-state index in [2.05, 4.69) is 22.1 Å². The molecule has 0 saturated carbocycles. The van der Waals surface area contributed by atoms with Crippen LogP contribution in [0.5, 0.6) is 11.5 Å². The van der Waals surface area contributed by atoms with E-state index in [9.17, 15) is 5.11 Å². The fourth-order valence-corrected chi connectivity index (χ4v) is 2.08. The number of rotatable bonds is 7. The van der Waals surface area contributed by atoms with E-state index in [0.29, 0.717) is 5.75 Å². The number of aliphatic imine (C=N–C) groups is 1. The van der Waals surface area contributed by atoms with Crippen molar-refractivity contribution in [1.29, 1.82) is 0 Å². The van der Waals surface area contributed by atoms with Gasteiger partial charge in [-0.3, -0.25) is 4.99 Å². The first-order valence-corrected chi connectivity index (χ1v) is 7.40. The molecule has 0 radical (unpaired) electrons. The Hall–Kier alpha value is -1.18. The smallest absolute Gasteiger partial charge is 0.193 e. The summed E-state index contributed by atoms with van der Waals surface area (Å²) in [7, 11) is 5.41. The molecule has 2 N–H and O–H groups in total. The Bertz CT molecular complexity index is 467. The zero-order chi connectivity index (χ0) is 15.7. The average molecular weight is 421 g/mol. The molecule has 1 aromatic rings. The predicted octanol–water partition coefficient (Wildman–Crippen LogP) is 2.87. The van der Waals surface area contributed by atoms with Gasteiger partial charge in [0.25, 0.3) is 0 Å². The summed E-state index contributed by atoms with van der Waals surface area (Å²) in [6.07, 6.45) is 3.05. The third-order valence-corrected chi connectivity index (χ3v) is 3.39. The summed E-state index contributed by atoms with van der Waals surface area (Å²) in [4.78, 5) is 6.39. The van der Waals surface area contributed by atoms with Crippen LogP contribution in [0, 0.1) is 0 Å². The van der Waals surface area contributed by atoms with Crippen molar-refractivity contribution in [3.05, 3.63) is 23.8 Å². The lowest BCUT2D eigenvalue weighted by atomic mass is 10.1. The molecule has 1 aromatic carbocycles. The van der Waals surface area contributed by atoms with Gasteiger partial charge < -0.3 is 20.1 Å². The van der Waals surface area contributed by atoms with Crippen molar-refractivity contribution in [3.63, 3.8) is 0 Å². The van der Waals surface area contributed by atoms with Gasteiger partial charge in [-0.1, -0.05) is 19.4 Å². The number of methoxy groups -OCH3 is 1. The lowest BCUT2D eigenvalue weighted by molar-refractivity contribution is 0.406. The molecule has 0 fully saturated rings. The molecule has 0 aliphatic heterocycles. The molecular weight excluding hydrogens is 393 g/mol. The van der Waals surface area contributed by atoms with Crippen molar-refractivity contribution in [1.82, 2.24) is 10.2 Å². The molecule has 0 aliphatic rings. The maximum absolute atomic E-state index is 9.92. The summed E-state index contributed by atoms with van der Waals surface area (Å²) < 4.78 is 5.08. The van der Waals surface area contributed by atoms with E-state index in [1.165, 1.54) is 6.42 Å². The Morgan fingerprint density at radius 3 is 2.68 bits per heavy atom. The molecule has 6 heteroatoms. The lowest BCUT2D eigenvalue weighted by Crippen LogP contribution is -2.40. The van der Waals surface area contributed by atoms with Crippen molar-refractivity contribution in [2.75, 3.05) is 34.3 Å². The predicted molar refractivity (Wildman–Crippen MR) is 103 cm³/mol. The minimum atomic E-state index is 0. The van der Waals surface area contributed by atoms with Crippen LogP contribution in [0.4, 0.5) is 0 Å². The number of guanidine groups is 1. The van der Waals surface area contributed by atoms with E-state index in [1.807, 2.05) is 19.2 Å². The lowest BCUT2D eigenvalue weighted by Gasteiger charge is -2.21. The van der Waals surface area contributed by atoms with Crippen LogP contribution in [-0.4, -0.2) is 50.3 Å². The van der Waals surface area contributed by atoms with Gasteiger partial charge in [0.2, 0.25) is 0 Å². The van der Waals surface area contributed by atoms with Crippen molar-refractivity contribution in [3.8, 4) is 11.5 Å². The van der Waals surface area contributed by atoms with Crippen molar-refractivity contribution in [2.24, 2.45) is 4.99 Å². The first kappa shape index (κ1) is 20.8. The number of phenols is 1. The topological polar surface area (TPSA) is 57.1 Å². The fraction of sp³-hybridized carbons (Fsp3) is 0.562. The Labute approximate surface area is 150 Å². The molecule has 0 aromatic heterocycles. The van der Waals surface area contributed by atoms with Crippen LogP contribution in [0.1, 0.15) is 25.3 Å². The molecule has 0 saturated heterocycles. The zero-order valence-corrected chi connectivity index (χ0v) is 16.3. The SMILES string of the molecule is CCCCN(C)C(=NC)NCCc1ccc(OC)cc1O.I. The van der Waals surface area contributed by atoms with E-state index in [1.54, 1.807) is 20.2 Å². The van der Waals surface area contributed by atoms with E-state index in [-0.39, 0.29) is 29.7 Å². The van der Waals surface area contributed by atoms with Crippen LogP contribution in [0.3, 0.4) is 0 Å². The highest BCUT2D eigenvalue weighted by Gasteiger charge is 2.06. The molecule has 0 bridgehead atoms. The van der Waals surface area contributed by atoms with Gasteiger partial charge in [-0.25, -0.2) is 0 Å². The number of aromatic hydroxyl groups is 1. The van der Waals surface area contributed by atoms with Gasteiger partial charge in [0.05, 0.1) is 7.11 Å². The number of halogens is 1. The normalized spacial score (nSPS) is 10.8. The minimum Gasteiger partial charge on any atom is -0.508 e. The Balaban J connectivity index is 0.00000441. The monoisotopic (exact) mass is 421 g/mol. The molecule has 0 aliphatic carbocycles. The summed E-state index contributed by atoms with van der Waals surface area (Å²) in [5, 5.41) is 13.2. The number of benzene rings is 1. The number of nitrogens with one attached hydrogen (secondary N) is 1. The molecular formula is C16H28IN3O2. The van der Waals surface area contributed by atoms with Gasteiger partial charge in [0, 0.05) is 33.3 Å². The van der Waals surface area contributed by atoms with Crippen LogP contribution in [-0.2, 0) is 6.42 Å². The standard InChI is InChI=1S/C16H27N3O2.HI/c1-5-6-11-19(3)16(17-2)18-10-9-13-7-8-14(21-4)12-15(13)20;/h7-8,12,20H,5-6,9-11H2,1-4H3,(H,17,18);1H. The van der Waals surface area contributed by atoms with Gasteiger partial charge >= 0.3 is 0 Å². The number of nitrogens with zero attached hydrogens (tertiary/aromatic N) is 2. The molecule has 0 unspecified atom stereocenters. The zero-order valence-electron chi connectivity index (χ0n) is 13.9. The Morgan fingerprint density at radius 2 is 2.14 bits per heavy atom. The molecule has 5 nitrogen and oxygen atoms in total. The van der Waals surface area contributed by atoms with Gasteiger partial charge in [0.15, 0.2) is 5.96 Å². The van der Waals surface area contributed by atoms with Crippen molar-refractivity contribution >= 4 is 29.9 Å². The maximum Gasteiger partial charge on any atom is 0.193 e. The highest BCUT2D eigenvalue weighted by Crippen LogP contribution is 2.23. The number of hydrogen-bond donors (Lipinski definition) is 2. The van der Waals surface area contributed by atoms with Gasteiger partial charge in [-0.15, -0.1) is 24.0 Å². The summed E-state index contributed by atoms with van der Waals surface area (Å²) >= 11 is 0. The quantitative estimate of drug-likeness (QED) is 0.404. The summed E-state index contributed by atoms with van der Waals surface area (Å²) in [6, 6.07) is 5.38. The number of unbranched alkanes of at least 4 members (excludes halogenated alkanes) is 1. The second-order valence-electron chi connectivity index (χ2n) is 4.99. The third-order valence-electron chi connectivity index (χ3n) is 3.39. The van der Waals surface area contributed by atoms with E-state index >= 15 is 0 Å². The molecule has 126 valence electrons. The fourth-order valence-electron chi connectivity index (χ4n) is 2.08. The largest absolute Gasteiger partial charge is 0.508 e. The number of hydrogen-bond acceptors (Lipinski definition) is 3. The molecule has 0 atom stereocenters. The van der Waals surface area contributed by atoms with Crippen LogP contribution < -0.4 is 10.1 Å². The second-order valence-corrected chi connectivity index (χ2v) is 4.99. The van der Waals surface area contributed by atoms with E-state index in [0.717, 1.165) is 37.5 Å². The molecule has 0 heterocycles.